The highest BCUT2D eigenvalue weighted by Gasteiger charge is 2.06. The summed E-state index contributed by atoms with van der Waals surface area (Å²) in [5.74, 6) is -0.251. The second-order valence-corrected chi connectivity index (χ2v) is 5.34. The zero-order valence-electron chi connectivity index (χ0n) is 16.4. The van der Waals surface area contributed by atoms with Gasteiger partial charge in [-0.1, -0.05) is 32.6 Å². The lowest BCUT2D eigenvalue weighted by Gasteiger charge is -2.09. The summed E-state index contributed by atoms with van der Waals surface area (Å²) in [6, 6.07) is 8.63. The molecule has 2 rings (SSSR count). The third-order valence-electron chi connectivity index (χ3n) is 3.55. The van der Waals surface area contributed by atoms with Crippen molar-refractivity contribution < 1.29 is 4.79 Å². The fourth-order valence-electron chi connectivity index (χ4n) is 2.20. The lowest BCUT2D eigenvalue weighted by atomic mass is 10.1. The van der Waals surface area contributed by atoms with E-state index in [-0.39, 0.29) is 5.91 Å². The largest absolute Gasteiger partial charge is 0.398 e. The topological polar surface area (TPSA) is 116 Å². The third-order valence-corrected chi connectivity index (χ3v) is 3.55. The number of rotatable bonds is 7. The highest BCUT2D eigenvalue weighted by Crippen LogP contribution is 2.22. The van der Waals surface area contributed by atoms with Crippen molar-refractivity contribution in [1.82, 2.24) is 10.3 Å². The first kappa shape index (κ1) is 22.3. The van der Waals surface area contributed by atoms with E-state index in [4.69, 9.17) is 11.1 Å². The summed E-state index contributed by atoms with van der Waals surface area (Å²) < 4.78 is 0. The number of nitrogens with two attached hydrogens (primary N) is 1. The molecule has 0 aliphatic rings. The van der Waals surface area contributed by atoms with Gasteiger partial charge in [-0.05, 0) is 31.0 Å². The third kappa shape index (κ3) is 5.91. The molecule has 1 aromatic carbocycles. The number of carbonyl (C=O) groups is 1. The van der Waals surface area contributed by atoms with Gasteiger partial charge in [-0.15, -0.1) is 0 Å². The average Bonchev–Trinajstić information content (AvgIpc) is 2.73. The highest BCUT2D eigenvalue weighted by molar-refractivity contribution is 5.92. The molecule has 0 fully saturated rings. The molecule has 0 saturated carbocycles. The number of allylic oxidation sites excluding steroid dienone is 1. The first-order chi connectivity index (χ1) is 13.5. The van der Waals surface area contributed by atoms with Gasteiger partial charge in [0.25, 0.3) is 5.91 Å². The van der Waals surface area contributed by atoms with E-state index in [1.165, 1.54) is 6.21 Å². The Morgan fingerprint density at radius 1 is 1.29 bits per heavy atom. The highest BCUT2D eigenvalue weighted by atomic mass is 16.1. The summed E-state index contributed by atoms with van der Waals surface area (Å²) in [5, 5.41) is 12.9. The van der Waals surface area contributed by atoms with E-state index in [0.717, 1.165) is 5.56 Å². The van der Waals surface area contributed by atoms with Crippen molar-refractivity contribution in [1.29, 1.82) is 5.41 Å². The first-order valence-electron chi connectivity index (χ1n) is 8.71. The lowest BCUT2D eigenvalue weighted by molar-refractivity contribution is 0.0958. The molecule has 2 aromatic rings. The number of nitrogen functional groups attached to an aromatic ring is 1. The number of aromatic nitrogens is 1. The summed E-state index contributed by atoms with van der Waals surface area (Å²) in [4.78, 5) is 19.6. The van der Waals surface area contributed by atoms with Crippen LogP contribution in [-0.4, -0.2) is 30.9 Å². The Bertz CT molecular complexity index is 884. The molecule has 0 saturated heterocycles. The van der Waals surface area contributed by atoms with E-state index in [0.29, 0.717) is 34.0 Å². The molecule has 0 aliphatic heterocycles. The minimum Gasteiger partial charge on any atom is -0.398 e. The van der Waals surface area contributed by atoms with E-state index >= 15 is 0 Å². The van der Waals surface area contributed by atoms with Gasteiger partial charge in [0.15, 0.2) is 0 Å². The van der Waals surface area contributed by atoms with Crippen molar-refractivity contribution in [2.75, 3.05) is 18.1 Å². The van der Waals surface area contributed by atoms with Crippen LogP contribution in [0.5, 0.6) is 0 Å². The summed E-state index contributed by atoms with van der Waals surface area (Å²) in [5.41, 5.74) is 9.95. The van der Waals surface area contributed by atoms with Gasteiger partial charge in [0.2, 0.25) is 0 Å². The van der Waals surface area contributed by atoms with Crippen LogP contribution in [-0.2, 0) is 0 Å². The number of pyridine rings is 1. The molecule has 0 spiro atoms. The summed E-state index contributed by atoms with van der Waals surface area (Å²) in [6.07, 6.45) is 4.46. The normalized spacial score (nSPS) is 10.2. The maximum absolute atomic E-state index is 11.5. The Morgan fingerprint density at radius 3 is 2.50 bits per heavy atom. The van der Waals surface area contributed by atoms with Crippen molar-refractivity contribution in [3.8, 4) is 0 Å². The molecular formula is C21H26N6O. The van der Waals surface area contributed by atoms with E-state index in [1.54, 1.807) is 43.6 Å². The number of carbonyl (C=O) groups excluding carboxylic acids is 1. The van der Waals surface area contributed by atoms with Crippen molar-refractivity contribution in [3.63, 3.8) is 0 Å². The van der Waals surface area contributed by atoms with Crippen LogP contribution in [0.3, 0.4) is 0 Å². The Balaban J connectivity index is 0.00000190. The van der Waals surface area contributed by atoms with Gasteiger partial charge in [0, 0.05) is 35.8 Å². The van der Waals surface area contributed by atoms with Crippen LogP contribution in [0.2, 0.25) is 0 Å². The smallest absolute Gasteiger partial charge is 0.269 e. The minimum atomic E-state index is -0.251. The molecule has 1 amide bonds. The van der Waals surface area contributed by atoms with Crippen molar-refractivity contribution >= 4 is 35.9 Å². The van der Waals surface area contributed by atoms with E-state index in [1.807, 2.05) is 19.9 Å². The molecule has 0 unspecified atom stereocenters. The summed E-state index contributed by atoms with van der Waals surface area (Å²) in [6.45, 7) is 11.5. The van der Waals surface area contributed by atoms with Crippen molar-refractivity contribution in [2.24, 2.45) is 4.99 Å². The Labute approximate surface area is 165 Å². The zero-order valence-corrected chi connectivity index (χ0v) is 16.4. The minimum absolute atomic E-state index is 0.251. The number of nitrogens with zero attached hydrogens (tertiary/aromatic N) is 2. The predicted molar refractivity (Wildman–Crippen MR) is 118 cm³/mol. The quantitative estimate of drug-likeness (QED) is 0.334. The molecule has 1 aromatic heterocycles. The number of anilines is 2. The monoisotopic (exact) mass is 378 g/mol. The van der Waals surface area contributed by atoms with Crippen LogP contribution in [0.1, 0.15) is 35.5 Å². The number of hydrogen-bond acceptors (Lipinski definition) is 6. The second kappa shape index (κ2) is 11.1. The number of benzene rings is 1. The first-order valence-corrected chi connectivity index (χ1v) is 8.71. The van der Waals surface area contributed by atoms with Gasteiger partial charge in [0.05, 0.1) is 17.6 Å². The summed E-state index contributed by atoms with van der Waals surface area (Å²) in [7, 11) is 1.55. The van der Waals surface area contributed by atoms with Gasteiger partial charge < -0.3 is 21.8 Å². The number of nitrogens with one attached hydrogen (secondary N) is 3. The van der Waals surface area contributed by atoms with Crippen LogP contribution in [0.15, 0.2) is 59.9 Å². The number of aliphatic imine (C=N–C) groups is 1. The van der Waals surface area contributed by atoms with Crippen LogP contribution >= 0.6 is 0 Å². The van der Waals surface area contributed by atoms with Crippen LogP contribution in [0.25, 0.3) is 5.70 Å². The molecule has 146 valence electrons. The molecule has 0 radical (unpaired) electrons. The van der Waals surface area contributed by atoms with Crippen molar-refractivity contribution in [2.45, 2.75) is 13.8 Å². The fourth-order valence-corrected chi connectivity index (χ4v) is 2.20. The van der Waals surface area contributed by atoms with Crippen LogP contribution in [0.4, 0.5) is 11.4 Å². The molecule has 7 nitrogen and oxygen atoms in total. The van der Waals surface area contributed by atoms with E-state index in [2.05, 4.69) is 33.9 Å². The molecule has 0 aliphatic carbocycles. The van der Waals surface area contributed by atoms with Gasteiger partial charge in [-0.25, -0.2) is 4.98 Å². The van der Waals surface area contributed by atoms with Gasteiger partial charge in [-0.3, -0.25) is 9.79 Å². The lowest BCUT2D eigenvalue weighted by Crippen LogP contribution is -2.19. The summed E-state index contributed by atoms with van der Waals surface area (Å²) >= 11 is 0. The van der Waals surface area contributed by atoms with E-state index in [9.17, 15) is 4.79 Å². The van der Waals surface area contributed by atoms with Gasteiger partial charge in [0.1, 0.15) is 5.69 Å². The average molecular weight is 378 g/mol. The Hall–Kier alpha value is -3.74. The fraction of sp³-hybridized carbons (Fsp3) is 0.143. The van der Waals surface area contributed by atoms with Crippen LogP contribution in [0, 0.1) is 5.41 Å². The molecule has 1 heterocycles. The van der Waals surface area contributed by atoms with Gasteiger partial charge >= 0.3 is 0 Å². The molecular weight excluding hydrogens is 352 g/mol. The Kier molecular flexibility index (Phi) is 8.82. The number of hydrogen-bond donors (Lipinski definition) is 4. The standard InChI is InChI=1S/C19H20N6O.C2H6/c1-12(25-15-6-7-17(24-11-15)19(26)23-3)8-18(22-2)13-4-5-14(10-20)16(21)9-13;1-2/h4-11,20,25H,1-2,21H2,3H3,(H,23,26);1-2H3/b18-8-,20-10?;. The zero-order chi connectivity index (χ0) is 21.1. The SMILES string of the molecule is C=N/C(=C\C(=C)Nc1ccc(C(=O)NC)nc1)c1ccc(C=N)c(N)c1.CC. The van der Waals surface area contributed by atoms with Crippen LogP contribution < -0.4 is 16.4 Å². The van der Waals surface area contributed by atoms with Gasteiger partial charge in [-0.2, -0.15) is 0 Å². The predicted octanol–water partition coefficient (Wildman–Crippen LogP) is 3.71. The maximum Gasteiger partial charge on any atom is 0.269 e. The molecule has 28 heavy (non-hydrogen) atoms. The molecule has 7 heteroatoms. The molecule has 5 N–H and O–H groups in total. The number of amides is 1. The van der Waals surface area contributed by atoms with E-state index < -0.39 is 0 Å². The van der Waals surface area contributed by atoms with Crippen molar-refractivity contribution in [3.05, 3.63) is 71.7 Å². The molecule has 0 bridgehead atoms. The second-order valence-electron chi connectivity index (χ2n) is 5.34. The maximum atomic E-state index is 11.5. The Morgan fingerprint density at radius 2 is 2.00 bits per heavy atom. The molecule has 0 atom stereocenters.